The molecule has 2 rings (SSSR count). The van der Waals surface area contributed by atoms with Gasteiger partial charge in [0.15, 0.2) is 0 Å². The number of ether oxygens (including phenoxy) is 1. The highest BCUT2D eigenvalue weighted by atomic mass is 16.5. The van der Waals surface area contributed by atoms with Gasteiger partial charge in [-0.2, -0.15) is 0 Å². The van der Waals surface area contributed by atoms with Crippen LogP contribution in [0.15, 0.2) is 36.9 Å². The number of carbonyl (C=O) groups excluding carboxylic acids is 1. The lowest BCUT2D eigenvalue weighted by molar-refractivity contribution is 0.102. The zero-order valence-corrected chi connectivity index (χ0v) is 9.83. The van der Waals surface area contributed by atoms with Gasteiger partial charge in [0, 0.05) is 12.4 Å². The van der Waals surface area contributed by atoms with Crippen molar-refractivity contribution < 1.29 is 9.53 Å². The Labute approximate surface area is 104 Å². The van der Waals surface area contributed by atoms with E-state index in [2.05, 4.69) is 20.3 Å². The molecule has 2 aromatic rings. The molecular formula is C12H12N4O2. The fourth-order valence-electron chi connectivity index (χ4n) is 1.28. The maximum atomic E-state index is 11.8. The van der Waals surface area contributed by atoms with Crippen molar-refractivity contribution in [3.8, 4) is 6.01 Å². The Balaban J connectivity index is 2.03. The Morgan fingerprint density at radius 2 is 2.11 bits per heavy atom. The van der Waals surface area contributed by atoms with E-state index in [1.165, 1.54) is 18.6 Å². The van der Waals surface area contributed by atoms with Gasteiger partial charge in [-0.3, -0.25) is 9.78 Å². The van der Waals surface area contributed by atoms with Gasteiger partial charge < -0.3 is 10.1 Å². The third-order valence-corrected chi connectivity index (χ3v) is 2.08. The van der Waals surface area contributed by atoms with Crippen LogP contribution in [-0.2, 0) is 0 Å². The van der Waals surface area contributed by atoms with E-state index in [9.17, 15) is 4.79 Å². The Hall–Kier alpha value is -2.50. The second kappa shape index (κ2) is 5.72. The van der Waals surface area contributed by atoms with E-state index in [4.69, 9.17) is 4.74 Å². The minimum absolute atomic E-state index is 0.254. The summed E-state index contributed by atoms with van der Waals surface area (Å²) in [4.78, 5) is 23.6. The third kappa shape index (κ3) is 3.00. The second-order valence-corrected chi connectivity index (χ2v) is 3.38. The molecule has 6 nitrogen and oxygen atoms in total. The fraction of sp³-hybridized carbons (Fsp3) is 0.167. The van der Waals surface area contributed by atoms with Crippen LogP contribution in [0.25, 0.3) is 0 Å². The minimum Gasteiger partial charge on any atom is -0.464 e. The van der Waals surface area contributed by atoms with Gasteiger partial charge >= 0.3 is 6.01 Å². The van der Waals surface area contributed by atoms with Crippen LogP contribution in [-0.4, -0.2) is 27.5 Å². The van der Waals surface area contributed by atoms with E-state index < -0.39 is 0 Å². The van der Waals surface area contributed by atoms with Crippen LogP contribution >= 0.6 is 0 Å². The number of nitrogens with zero attached hydrogens (tertiary/aromatic N) is 3. The van der Waals surface area contributed by atoms with Crippen LogP contribution in [0.4, 0.5) is 5.69 Å². The second-order valence-electron chi connectivity index (χ2n) is 3.38. The first-order valence-electron chi connectivity index (χ1n) is 5.46. The summed E-state index contributed by atoms with van der Waals surface area (Å²) in [5.41, 5.74) is 0.985. The van der Waals surface area contributed by atoms with Crippen LogP contribution in [0.3, 0.4) is 0 Å². The molecular weight excluding hydrogens is 232 g/mol. The summed E-state index contributed by atoms with van der Waals surface area (Å²) in [5, 5.41) is 2.67. The molecule has 6 heteroatoms. The van der Waals surface area contributed by atoms with E-state index >= 15 is 0 Å². The molecule has 0 saturated heterocycles. The first-order chi connectivity index (χ1) is 8.79. The van der Waals surface area contributed by atoms with Crippen molar-refractivity contribution in [2.75, 3.05) is 11.9 Å². The molecule has 0 aromatic carbocycles. The standard InChI is InChI=1S/C12H12N4O2/c1-2-18-12-14-7-10(8-15-12)16-11(17)9-4-3-5-13-6-9/h3-8H,2H2,1H3,(H,16,17). The van der Waals surface area contributed by atoms with Gasteiger partial charge in [-0.25, -0.2) is 9.97 Å². The van der Waals surface area contributed by atoms with Gasteiger partial charge in [0.05, 0.1) is 30.3 Å². The quantitative estimate of drug-likeness (QED) is 0.882. The molecule has 2 heterocycles. The number of carbonyl (C=O) groups is 1. The Morgan fingerprint density at radius 1 is 1.33 bits per heavy atom. The zero-order valence-electron chi connectivity index (χ0n) is 9.83. The summed E-state index contributed by atoms with van der Waals surface area (Å²) in [6.45, 7) is 2.35. The van der Waals surface area contributed by atoms with Crippen molar-refractivity contribution in [3.63, 3.8) is 0 Å². The normalized spacial score (nSPS) is 9.83. The van der Waals surface area contributed by atoms with Crippen LogP contribution < -0.4 is 10.1 Å². The molecule has 0 fully saturated rings. The van der Waals surface area contributed by atoms with Crippen LogP contribution in [0.1, 0.15) is 17.3 Å². The van der Waals surface area contributed by atoms with E-state index in [1.807, 2.05) is 6.92 Å². The zero-order chi connectivity index (χ0) is 12.8. The number of anilines is 1. The molecule has 18 heavy (non-hydrogen) atoms. The van der Waals surface area contributed by atoms with E-state index in [0.717, 1.165) is 0 Å². The van der Waals surface area contributed by atoms with Crippen molar-refractivity contribution >= 4 is 11.6 Å². The predicted octanol–water partition coefficient (Wildman–Crippen LogP) is 1.52. The number of hydrogen-bond donors (Lipinski definition) is 1. The molecule has 0 aliphatic carbocycles. The highest BCUT2D eigenvalue weighted by Crippen LogP contribution is 2.09. The van der Waals surface area contributed by atoms with E-state index in [1.54, 1.807) is 18.3 Å². The van der Waals surface area contributed by atoms with Gasteiger partial charge in [0.2, 0.25) is 0 Å². The van der Waals surface area contributed by atoms with Crippen molar-refractivity contribution in [1.29, 1.82) is 0 Å². The highest BCUT2D eigenvalue weighted by Gasteiger charge is 2.06. The maximum absolute atomic E-state index is 11.8. The maximum Gasteiger partial charge on any atom is 0.316 e. The van der Waals surface area contributed by atoms with Crippen molar-refractivity contribution in [2.45, 2.75) is 6.92 Å². The summed E-state index contributed by atoms with van der Waals surface area (Å²) in [6, 6.07) is 3.67. The topological polar surface area (TPSA) is 77.0 Å². The average Bonchev–Trinajstić information content (AvgIpc) is 2.42. The molecule has 0 unspecified atom stereocenters. The van der Waals surface area contributed by atoms with Crippen LogP contribution in [0.5, 0.6) is 6.01 Å². The number of rotatable bonds is 4. The molecule has 0 spiro atoms. The third-order valence-electron chi connectivity index (χ3n) is 2.08. The van der Waals surface area contributed by atoms with Crippen molar-refractivity contribution in [3.05, 3.63) is 42.5 Å². The lowest BCUT2D eigenvalue weighted by Crippen LogP contribution is -2.12. The molecule has 1 amide bonds. The monoisotopic (exact) mass is 244 g/mol. The highest BCUT2D eigenvalue weighted by molar-refractivity contribution is 6.03. The number of amides is 1. The minimum atomic E-state index is -0.254. The first kappa shape index (κ1) is 12.0. The Kier molecular flexibility index (Phi) is 3.80. The summed E-state index contributed by atoms with van der Waals surface area (Å²) in [6.07, 6.45) is 6.08. The molecule has 0 aliphatic rings. The lowest BCUT2D eigenvalue weighted by atomic mass is 10.2. The molecule has 0 saturated carbocycles. The van der Waals surface area contributed by atoms with Gasteiger partial charge in [0.1, 0.15) is 0 Å². The summed E-state index contributed by atoms with van der Waals surface area (Å²) >= 11 is 0. The van der Waals surface area contributed by atoms with Crippen molar-refractivity contribution in [1.82, 2.24) is 15.0 Å². The lowest BCUT2D eigenvalue weighted by Gasteiger charge is -2.05. The Morgan fingerprint density at radius 3 is 2.72 bits per heavy atom. The van der Waals surface area contributed by atoms with Gasteiger partial charge in [0.25, 0.3) is 5.91 Å². The molecule has 0 bridgehead atoms. The smallest absolute Gasteiger partial charge is 0.316 e. The fourth-order valence-corrected chi connectivity index (χ4v) is 1.28. The first-order valence-corrected chi connectivity index (χ1v) is 5.46. The Bertz CT molecular complexity index is 513. The number of aromatic nitrogens is 3. The average molecular weight is 244 g/mol. The molecule has 0 radical (unpaired) electrons. The number of hydrogen-bond acceptors (Lipinski definition) is 5. The van der Waals surface area contributed by atoms with E-state index in [0.29, 0.717) is 17.9 Å². The largest absolute Gasteiger partial charge is 0.464 e. The van der Waals surface area contributed by atoms with Crippen LogP contribution in [0, 0.1) is 0 Å². The predicted molar refractivity (Wildman–Crippen MR) is 65.4 cm³/mol. The molecule has 2 aromatic heterocycles. The molecule has 1 N–H and O–H groups in total. The van der Waals surface area contributed by atoms with Gasteiger partial charge in [-0.15, -0.1) is 0 Å². The molecule has 0 atom stereocenters. The summed E-state index contributed by atoms with van der Waals surface area (Å²) < 4.78 is 5.11. The van der Waals surface area contributed by atoms with Crippen molar-refractivity contribution in [2.24, 2.45) is 0 Å². The summed E-state index contributed by atoms with van der Waals surface area (Å²) in [7, 11) is 0. The van der Waals surface area contributed by atoms with Gasteiger partial charge in [-0.05, 0) is 19.1 Å². The SMILES string of the molecule is CCOc1ncc(NC(=O)c2cccnc2)cn1. The van der Waals surface area contributed by atoms with Gasteiger partial charge in [-0.1, -0.05) is 0 Å². The number of pyridine rings is 1. The molecule has 92 valence electrons. The molecule has 0 aliphatic heterocycles. The van der Waals surface area contributed by atoms with Crippen LogP contribution in [0.2, 0.25) is 0 Å². The van der Waals surface area contributed by atoms with E-state index in [-0.39, 0.29) is 11.9 Å². The number of nitrogens with one attached hydrogen (secondary N) is 1. The summed E-state index contributed by atoms with van der Waals surface area (Å²) in [5.74, 6) is -0.254.